The molecule has 0 spiro atoms. The van der Waals surface area contributed by atoms with Crippen LogP contribution in [0.25, 0.3) is 0 Å². The zero-order chi connectivity index (χ0) is 15.4. The third-order valence-electron chi connectivity index (χ3n) is 2.93. The van der Waals surface area contributed by atoms with Crippen LogP contribution in [0.2, 0.25) is 0 Å². The highest BCUT2D eigenvalue weighted by atomic mass is 32.2. The predicted molar refractivity (Wildman–Crippen MR) is 86.3 cm³/mol. The molecular weight excluding hydrogens is 284 g/mol. The SMILES string of the molecule is Cc1ccnc(SC(C)C(=O)Nc2ccc(N)cc2C)n1. The van der Waals surface area contributed by atoms with E-state index in [-0.39, 0.29) is 11.2 Å². The van der Waals surface area contributed by atoms with E-state index in [1.54, 1.807) is 12.3 Å². The number of nitrogens with zero attached hydrogens (tertiary/aromatic N) is 2. The summed E-state index contributed by atoms with van der Waals surface area (Å²) in [6, 6.07) is 7.23. The molecule has 1 unspecified atom stereocenters. The third kappa shape index (κ3) is 4.19. The highest BCUT2D eigenvalue weighted by Gasteiger charge is 2.16. The minimum atomic E-state index is -0.288. The molecule has 0 aliphatic carbocycles. The van der Waals surface area contributed by atoms with Crippen LogP contribution in [0, 0.1) is 13.8 Å². The maximum absolute atomic E-state index is 12.2. The number of nitrogens with one attached hydrogen (secondary N) is 1. The first-order chi connectivity index (χ1) is 9.95. The molecule has 3 N–H and O–H groups in total. The molecule has 0 aliphatic heterocycles. The molecule has 1 aromatic heterocycles. The summed E-state index contributed by atoms with van der Waals surface area (Å²) in [6.45, 7) is 5.64. The fourth-order valence-electron chi connectivity index (χ4n) is 1.76. The van der Waals surface area contributed by atoms with E-state index in [0.717, 1.165) is 16.9 Å². The van der Waals surface area contributed by atoms with Crippen molar-refractivity contribution in [1.82, 2.24) is 9.97 Å². The number of aromatic nitrogens is 2. The molecule has 2 rings (SSSR count). The lowest BCUT2D eigenvalue weighted by atomic mass is 10.2. The molecule has 1 heterocycles. The number of hydrogen-bond donors (Lipinski definition) is 2. The third-order valence-corrected chi connectivity index (χ3v) is 3.91. The van der Waals surface area contributed by atoms with Crippen LogP contribution in [0.4, 0.5) is 11.4 Å². The van der Waals surface area contributed by atoms with Crippen LogP contribution in [0.3, 0.4) is 0 Å². The van der Waals surface area contributed by atoms with Crippen molar-refractivity contribution in [3.8, 4) is 0 Å². The highest BCUT2D eigenvalue weighted by molar-refractivity contribution is 8.00. The minimum absolute atomic E-state index is 0.0852. The summed E-state index contributed by atoms with van der Waals surface area (Å²) >= 11 is 1.34. The van der Waals surface area contributed by atoms with Crippen LogP contribution in [0.15, 0.2) is 35.6 Å². The first kappa shape index (κ1) is 15.3. The molecule has 110 valence electrons. The molecular formula is C15H18N4OS. The van der Waals surface area contributed by atoms with Gasteiger partial charge in [0.15, 0.2) is 5.16 Å². The zero-order valence-electron chi connectivity index (χ0n) is 12.3. The van der Waals surface area contributed by atoms with Gasteiger partial charge in [-0.3, -0.25) is 4.79 Å². The maximum atomic E-state index is 12.2. The van der Waals surface area contributed by atoms with Gasteiger partial charge in [0.05, 0.1) is 5.25 Å². The molecule has 6 heteroatoms. The highest BCUT2D eigenvalue weighted by Crippen LogP contribution is 2.22. The Morgan fingerprint density at radius 2 is 2.10 bits per heavy atom. The van der Waals surface area contributed by atoms with Crippen molar-refractivity contribution >= 4 is 29.0 Å². The quantitative estimate of drug-likeness (QED) is 0.515. The summed E-state index contributed by atoms with van der Waals surface area (Å²) in [4.78, 5) is 20.7. The first-order valence-corrected chi connectivity index (χ1v) is 7.47. The van der Waals surface area contributed by atoms with Crippen molar-refractivity contribution in [2.24, 2.45) is 0 Å². The average Bonchev–Trinajstić information content (AvgIpc) is 2.41. The van der Waals surface area contributed by atoms with Gasteiger partial charge < -0.3 is 11.1 Å². The second-order valence-corrected chi connectivity index (χ2v) is 6.11. The second kappa shape index (κ2) is 6.58. The van der Waals surface area contributed by atoms with E-state index in [9.17, 15) is 4.79 Å². The number of aryl methyl sites for hydroxylation is 2. The summed E-state index contributed by atoms with van der Waals surface area (Å²) in [7, 11) is 0. The van der Waals surface area contributed by atoms with E-state index in [1.807, 2.05) is 39.0 Å². The van der Waals surface area contributed by atoms with Crippen molar-refractivity contribution in [2.75, 3.05) is 11.1 Å². The van der Waals surface area contributed by atoms with Gasteiger partial charge in [-0.05, 0) is 50.6 Å². The van der Waals surface area contributed by atoms with Gasteiger partial charge in [0.1, 0.15) is 0 Å². The van der Waals surface area contributed by atoms with Crippen molar-refractivity contribution in [3.05, 3.63) is 41.7 Å². The van der Waals surface area contributed by atoms with E-state index in [4.69, 9.17) is 5.73 Å². The van der Waals surface area contributed by atoms with Gasteiger partial charge in [0.25, 0.3) is 0 Å². The number of nitrogen functional groups attached to an aromatic ring is 1. The Morgan fingerprint density at radius 3 is 2.76 bits per heavy atom. The fourth-order valence-corrected chi connectivity index (χ4v) is 2.56. The number of amides is 1. The Bertz CT molecular complexity index is 660. The summed E-state index contributed by atoms with van der Waals surface area (Å²) in [5.74, 6) is -0.0852. The lowest BCUT2D eigenvalue weighted by Gasteiger charge is -2.13. The molecule has 1 aromatic carbocycles. The molecule has 0 aliphatic rings. The predicted octanol–water partition coefficient (Wildman–Crippen LogP) is 2.79. The summed E-state index contributed by atoms with van der Waals surface area (Å²) in [5, 5.41) is 3.22. The van der Waals surface area contributed by atoms with E-state index in [0.29, 0.717) is 10.8 Å². The molecule has 0 radical (unpaired) electrons. The molecule has 1 atom stereocenters. The van der Waals surface area contributed by atoms with Gasteiger partial charge in [-0.15, -0.1) is 0 Å². The smallest absolute Gasteiger partial charge is 0.237 e. The van der Waals surface area contributed by atoms with Crippen LogP contribution >= 0.6 is 11.8 Å². The Labute approximate surface area is 128 Å². The van der Waals surface area contributed by atoms with Gasteiger partial charge in [0, 0.05) is 23.3 Å². The fraction of sp³-hybridized carbons (Fsp3) is 0.267. The number of benzene rings is 1. The zero-order valence-corrected chi connectivity index (χ0v) is 13.1. The van der Waals surface area contributed by atoms with E-state index >= 15 is 0 Å². The van der Waals surface area contributed by atoms with Crippen molar-refractivity contribution in [3.63, 3.8) is 0 Å². The number of nitrogens with two attached hydrogens (primary N) is 1. The van der Waals surface area contributed by atoms with Crippen molar-refractivity contribution in [1.29, 1.82) is 0 Å². The largest absolute Gasteiger partial charge is 0.399 e. The van der Waals surface area contributed by atoms with Gasteiger partial charge in [-0.2, -0.15) is 0 Å². The molecule has 0 bridgehead atoms. The number of hydrogen-bond acceptors (Lipinski definition) is 5. The minimum Gasteiger partial charge on any atom is -0.399 e. The number of carbonyl (C=O) groups excluding carboxylic acids is 1. The van der Waals surface area contributed by atoms with Gasteiger partial charge in [-0.1, -0.05) is 11.8 Å². The van der Waals surface area contributed by atoms with Crippen molar-refractivity contribution in [2.45, 2.75) is 31.2 Å². The molecule has 0 saturated heterocycles. The average molecular weight is 302 g/mol. The second-order valence-electron chi connectivity index (χ2n) is 4.80. The Kier molecular flexibility index (Phi) is 4.80. The number of thioether (sulfide) groups is 1. The monoisotopic (exact) mass is 302 g/mol. The molecule has 5 nitrogen and oxygen atoms in total. The van der Waals surface area contributed by atoms with E-state index in [1.165, 1.54) is 11.8 Å². The maximum Gasteiger partial charge on any atom is 0.237 e. The Hall–Kier alpha value is -2.08. The number of carbonyl (C=O) groups is 1. The topological polar surface area (TPSA) is 80.9 Å². The number of anilines is 2. The lowest BCUT2D eigenvalue weighted by Crippen LogP contribution is -2.23. The molecule has 1 amide bonds. The summed E-state index contributed by atoms with van der Waals surface area (Å²) < 4.78 is 0. The van der Waals surface area contributed by atoms with Gasteiger partial charge in [-0.25, -0.2) is 9.97 Å². The molecule has 2 aromatic rings. The Morgan fingerprint density at radius 1 is 1.33 bits per heavy atom. The van der Waals surface area contributed by atoms with Crippen LogP contribution in [-0.4, -0.2) is 21.1 Å². The number of rotatable bonds is 4. The lowest BCUT2D eigenvalue weighted by molar-refractivity contribution is -0.115. The molecule has 21 heavy (non-hydrogen) atoms. The van der Waals surface area contributed by atoms with E-state index in [2.05, 4.69) is 15.3 Å². The van der Waals surface area contributed by atoms with Crippen LogP contribution in [0.5, 0.6) is 0 Å². The van der Waals surface area contributed by atoms with Gasteiger partial charge in [0.2, 0.25) is 5.91 Å². The van der Waals surface area contributed by atoms with Crippen LogP contribution < -0.4 is 11.1 Å². The van der Waals surface area contributed by atoms with Crippen molar-refractivity contribution < 1.29 is 4.79 Å². The van der Waals surface area contributed by atoms with Gasteiger partial charge >= 0.3 is 0 Å². The summed E-state index contributed by atoms with van der Waals surface area (Å²) in [6.07, 6.45) is 1.69. The standard InChI is InChI=1S/C15H18N4OS/c1-9-8-12(16)4-5-13(9)19-14(20)11(3)21-15-17-7-6-10(2)18-15/h4-8,11H,16H2,1-3H3,(H,19,20). The molecule has 0 fully saturated rings. The summed E-state index contributed by atoms with van der Waals surface area (Å²) in [5.41, 5.74) is 8.97. The first-order valence-electron chi connectivity index (χ1n) is 6.59. The van der Waals surface area contributed by atoms with Crippen LogP contribution in [-0.2, 0) is 4.79 Å². The Balaban J connectivity index is 2.02. The van der Waals surface area contributed by atoms with Crippen LogP contribution in [0.1, 0.15) is 18.2 Å². The molecule has 0 saturated carbocycles. The normalized spacial score (nSPS) is 12.0. The van der Waals surface area contributed by atoms with E-state index < -0.39 is 0 Å².